The van der Waals surface area contributed by atoms with Crippen molar-refractivity contribution in [1.82, 2.24) is 5.32 Å². The zero-order valence-corrected chi connectivity index (χ0v) is 17.6. The molecule has 0 amide bonds. The molecule has 0 bridgehead atoms. The lowest BCUT2D eigenvalue weighted by atomic mass is 9.77. The van der Waals surface area contributed by atoms with Crippen LogP contribution in [0.25, 0.3) is 5.70 Å². The Balaban J connectivity index is 1.95. The van der Waals surface area contributed by atoms with Crippen molar-refractivity contribution in [3.05, 3.63) is 99.7 Å². The highest BCUT2D eigenvalue weighted by atomic mass is 35.5. The normalized spacial score (nSPS) is 17.6. The zero-order valence-electron chi connectivity index (χ0n) is 16.8. The molecular formula is C25H26ClNO2. The molecule has 1 aliphatic rings. The quantitative estimate of drug-likeness (QED) is 0.461. The van der Waals surface area contributed by atoms with Crippen LogP contribution in [-0.2, 0) is 17.6 Å². The third-order valence-corrected chi connectivity index (χ3v) is 5.65. The smallest absolute Gasteiger partial charge is 0.337 e. The molecule has 0 spiro atoms. The number of carboxylic acid groups (broad SMARTS) is 1. The summed E-state index contributed by atoms with van der Waals surface area (Å²) in [7, 11) is 0. The molecule has 0 fully saturated rings. The molecule has 4 heteroatoms. The molecule has 0 saturated heterocycles. The first kappa shape index (κ1) is 20.9. The van der Waals surface area contributed by atoms with Crippen LogP contribution in [0.4, 0.5) is 0 Å². The maximum atomic E-state index is 12.3. The molecule has 150 valence electrons. The summed E-state index contributed by atoms with van der Waals surface area (Å²) in [6, 6.07) is 18.0. The number of fused-ring (bicyclic) bond motifs is 1. The second kappa shape index (κ2) is 9.15. The minimum Gasteiger partial charge on any atom is -0.478 e. The molecule has 0 saturated carbocycles. The van der Waals surface area contributed by atoms with Crippen LogP contribution in [0.15, 0.2) is 83.1 Å². The van der Waals surface area contributed by atoms with E-state index < -0.39 is 5.97 Å². The number of halogens is 1. The van der Waals surface area contributed by atoms with Crippen molar-refractivity contribution in [2.75, 3.05) is 0 Å². The van der Waals surface area contributed by atoms with Crippen molar-refractivity contribution in [2.45, 2.75) is 33.1 Å². The van der Waals surface area contributed by atoms with Gasteiger partial charge in [0, 0.05) is 16.4 Å². The second-order valence-corrected chi connectivity index (χ2v) is 8.00. The minimum atomic E-state index is -0.982. The van der Waals surface area contributed by atoms with E-state index in [1.807, 2.05) is 36.4 Å². The van der Waals surface area contributed by atoms with Gasteiger partial charge in [0.05, 0.1) is 5.57 Å². The Morgan fingerprint density at radius 3 is 2.31 bits per heavy atom. The van der Waals surface area contributed by atoms with Gasteiger partial charge in [-0.15, -0.1) is 0 Å². The van der Waals surface area contributed by atoms with E-state index in [9.17, 15) is 9.90 Å². The van der Waals surface area contributed by atoms with Gasteiger partial charge in [-0.25, -0.2) is 4.79 Å². The van der Waals surface area contributed by atoms with Crippen LogP contribution in [0, 0.1) is 5.92 Å². The monoisotopic (exact) mass is 407 g/mol. The number of nitrogens with one attached hydrogen (secondary N) is 1. The van der Waals surface area contributed by atoms with Crippen molar-refractivity contribution in [1.29, 1.82) is 0 Å². The van der Waals surface area contributed by atoms with Gasteiger partial charge in [-0.2, -0.15) is 0 Å². The summed E-state index contributed by atoms with van der Waals surface area (Å²) in [6.07, 6.45) is 2.59. The standard InChI is InChI=1S/C25H26ClNO2/c1-16(26)23(22-14-13-20-11-7-8-12-21(20)15-22)24(25(28)29)18(3)27-17(2)19-9-5-4-6-10-19/h4-12,22,27H,2,13-15H2,1,3H3,(H,28,29)/b23-16+,24-18-. The fraction of sp³-hybridized carbons (Fsp3) is 0.240. The summed E-state index contributed by atoms with van der Waals surface area (Å²) < 4.78 is 0. The van der Waals surface area contributed by atoms with Gasteiger partial charge in [0.1, 0.15) is 0 Å². The van der Waals surface area contributed by atoms with Crippen molar-refractivity contribution in [3.63, 3.8) is 0 Å². The highest BCUT2D eigenvalue weighted by Crippen LogP contribution is 2.37. The van der Waals surface area contributed by atoms with Gasteiger partial charge in [-0.05, 0) is 61.3 Å². The van der Waals surface area contributed by atoms with Gasteiger partial charge in [0.15, 0.2) is 0 Å². The number of aryl methyl sites for hydroxylation is 1. The molecule has 1 aliphatic carbocycles. The first-order valence-corrected chi connectivity index (χ1v) is 10.1. The number of rotatable bonds is 6. The number of carbonyl (C=O) groups is 1. The summed E-state index contributed by atoms with van der Waals surface area (Å²) in [5, 5.41) is 13.8. The molecule has 0 heterocycles. The zero-order chi connectivity index (χ0) is 21.0. The van der Waals surface area contributed by atoms with Gasteiger partial charge in [0.2, 0.25) is 0 Å². The largest absolute Gasteiger partial charge is 0.478 e. The average Bonchev–Trinajstić information content (AvgIpc) is 2.71. The summed E-state index contributed by atoms with van der Waals surface area (Å²) in [4.78, 5) is 12.3. The van der Waals surface area contributed by atoms with E-state index in [0.717, 1.165) is 24.8 Å². The van der Waals surface area contributed by atoms with E-state index in [1.54, 1.807) is 13.8 Å². The number of allylic oxidation sites excluding steroid dienone is 2. The summed E-state index contributed by atoms with van der Waals surface area (Å²) in [6.45, 7) is 7.62. The van der Waals surface area contributed by atoms with Crippen molar-refractivity contribution < 1.29 is 9.90 Å². The van der Waals surface area contributed by atoms with Gasteiger partial charge >= 0.3 is 5.97 Å². The molecular weight excluding hydrogens is 382 g/mol. The summed E-state index contributed by atoms with van der Waals surface area (Å²) in [5.74, 6) is -0.917. The Morgan fingerprint density at radius 2 is 1.69 bits per heavy atom. The number of hydrogen-bond donors (Lipinski definition) is 2. The molecule has 1 unspecified atom stereocenters. The van der Waals surface area contributed by atoms with E-state index in [4.69, 9.17) is 11.6 Å². The van der Waals surface area contributed by atoms with Crippen molar-refractivity contribution in [3.8, 4) is 0 Å². The Morgan fingerprint density at radius 1 is 1.07 bits per heavy atom. The topological polar surface area (TPSA) is 49.3 Å². The predicted octanol–water partition coefficient (Wildman–Crippen LogP) is 5.92. The van der Waals surface area contributed by atoms with Gasteiger partial charge in [0.25, 0.3) is 0 Å². The third-order valence-electron chi connectivity index (χ3n) is 5.45. The van der Waals surface area contributed by atoms with Crippen molar-refractivity contribution in [2.24, 2.45) is 5.92 Å². The fourth-order valence-corrected chi connectivity index (χ4v) is 4.33. The van der Waals surface area contributed by atoms with Crippen LogP contribution in [0.3, 0.4) is 0 Å². The highest BCUT2D eigenvalue weighted by molar-refractivity contribution is 6.30. The second-order valence-electron chi connectivity index (χ2n) is 7.43. The van der Waals surface area contributed by atoms with E-state index in [0.29, 0.717) is 22.0 Å². The molecule has 2 aromatic carbocycles. The first-order valence-electron chi connectivity index (χ1n) is 9.77. The number of aliphatic carboxylic acids is 1. The maximum Gasteiger partial charge on any atom is 0.337 e. The molecule has 0 radical (unpaired) electrons. The lowest BCUT2D eigenvalue weighted by Gasteiger charge is -2.29. The van der Waals surface area contributed by atoms with Crippen LogP contribution in [0.1, 0.15) is 37.0 Å². The average molecular weight is 408 g/mol. The summed E-state index contributed by atoms with van der Waals surface area (Å²) >= 11 is 6.47. The van der Waals surface area contributed by atoms with Crippen LogP contribution < -0.4 is 5.32 Å². The Kier molecular flexibility index (Phi) is 6.60. The molecule has 0 aliphatic heterocycles. The Bertz CT molecular complexity index is 985. The molecule has 2 aromatic rings. The van der Waals surface area contributed by atoms with Crippen LogP contribution >= 0.6 is 11.6 Å². The fourth-order valence-electron chi connectivity index (χ4n) is 4.08. The summed E-state index contributed by atoms with van der Waals surface area (Å²) in [5.41, 5.74) is 5.66. The number of carboxylic acids is 1. The van der Waals surface area contributed by atoms with Crippen LogP contribution in [-0.4, -0.2) is 11.1 Å². The van der Waals surface area contributed by atoms with E-state index >= 15 is 0 Å². The number of benzene rings is 2. The molecule has 3 nitrogen and oxygen atoms in total. The highest BCUT2D eigenvalue weighted by Gasteiger charge is 2.29. The van der Waals surface area contributed by atoms with E-state index in [1.165, 1.54) is 11.1 Å². The lowest BCUT2D eigenvalue weighted by Crippen LogP contribution is -2.24. The van der Waals surface area contributed by atoms with Gasteiger partial charge in [-0.3, -0.25) is 0 Å². The lowest BCUT2D eigenvalue weighted by molar-refractivity contribution is -0.132. The predicted molar refractivity (Wildman–Crippen MR) is 119 cm³/mol. The van der Waals surface area contributed by atoms with E-state index in [-0.39, 0.29) is 11.5 Å². The van der Waals surface area contributed by atoms with Gasteiger partial charge in [-0.1, -0.05) is 72.8 Å². The first-order chi connectivity index (χ1) is 13.9. The Hall–Kier alpha value is -2.78. The molecule has 1 atom stereocenters. The van der Waals surface area contributed by atoms with E-state index in [2.05, 4.69) is 30.1 Å². The number of hydrogen-bond acceptors (Lipinski definition) is 2. The van der Waals surface area contributed by atoms with Crippen LogP contribution in [0.2, 0.25) is 0 Å². The van der Waals surface area contributed by atoms with Crippen molar-refractivity contribution >= 4 is 23.3 Å². The minimum absolute atomic E-state index is 0.0650. The molecule has 0 aromatic heterocycles. The Labute approximate surface area is 177 Å². The maximum absolute atomic E-state index is 12.3. The van der Waals surface area contributed by atoms with Crippen LogP contribution in [0.5, 0.6) is 0 Å². The molecule has 2 N–H and O–H groups in total. The SMILES string of the molecule is C=C(N/C(C)=C(C(=O)O)/C(=C(\C)Cl)C1CCc2ccccc2C1)c1ccccc1. The van der Waals surface area contributed by atoms with Gasteiger partial charge < -0.3 is 10.4 Å². The molecule has 3 rings (SSSR count). The molecule has 29 heavy (non-hydrogen) atoms. The third kappa shape index (κ3) is 4.80.